The smallest absolute Gasteiger partial charge is 0.273 e. The van der Waals surface area contributed by atoms with Crippen LogP contribution in [0.25, 0.3) is 0 Å². The summed E-state index contributed by atoms with van der Waals surface area (Å²) in [6, 6.07) is 7.93. The zero-order valence-electron chi connectivity index (χ0n) is 10.5. The molecule has 1 aromatic heterocycles. The van der Waals surface area contributed by atoms with Gasteiger partial charge in [0, 0.05) is 16.8 Å². The van der Waals surface area contributed by atoms with Crippen LogP contribution in [-0.2, 0) is 7.05 Å². The molecule has 0 aliphatic carbocycles. The van der Waals surface area contributed by atoms with E-state index in [9.17, 15) is 10.1 Å². The summed E-state index contributed by atoms with van der Waals surface area (Å²) in [6.45, 7) is 2.04. The van der Waals surface area contributed by atoms with Gasteiger partial charge in [-0.3, -0.25) is 4.57 Å². The van der Waals surface area contributed by atoms with Crippen molar-refractivity contribution in [2.75, 3.05) is 5.75 Å². The minimum Gasteiger partial charge on any atom is -0.273 e. The summed E-state index contributed by atoms with van der Waals surface area (Å²) in [5, 5.41) is 16.2. The van der Waals surface area contributed by atoms with Crippen molar-refractivity contribution in [2.24, 2.45) is 7.05 Å². The molecular weight excluding hydrogens is 280 g/mol. The number of H-pyrrole nitrogens is 1. The first-order chi connectivity index (χ1) is 9.17. The summed E-state index contributed by atoms with van der Waals surface area (Å²) in [4.78, 5) is 13.1. The van der Waals surface area contributed by atoms with E-state index < -0.39 is 0 Å². The normalized spacial score (nSPS) is 10.4. The average Bonchev–Trinajstić information content (AvgIpc) is 2.72. The minimum absolute atomic E-state index is 0.264. The molecule has 0 saturated carbocycles. The Bertz CT molecular complexity index is 684. The number of thioether (sulfide) groups is 1. The van der Waals surface area contributed by atoms with E-state index in [1.165, 1.54) is 16.3 Å². The second kappa shape index (κ2) is 5.99. The highest BCUT2D eigenvalue weighted by atomic mass is 32.2. The Morgan fingerprint density at radius 3 is 2.79 bits per heavy atom. The summed E-state index contributed by atoms with van der Waals surface area (Å²) in [7, 11) is 1.64. The van der Waals surface area contributed by atoms with Gasteiger partial charge in [0.15, 0.2) is 5.16 Å². The summed E-state index contributed by atoms with van der Waals surface area (Å²) in [5.41, 5.74) is 0.370. The van der Waals surface area contributed by atoms with Crippen LogP contribution in [0.5, 0.6) is 0 Å². The monoisotopic (exact) mass is 292 g/mol. The van der Waals surface area contributed by atoms with E-state index >= 15 is 0 Å². The second-order valence-electron chi connectivity index (χ2n) is 3.65. The van der Waals surface area contributed by atoms with Crippen LogP contribution in [0.2, 0.25) is 0 Å². The van der Waals surface area contributed by atoms with Gasteiger partial charge in [0.05, 0.1) is 5.56 Å². The van der Waals surface area contributed by atoms with Crippen LogP contribution in [0, 0.1) is 11.3 Å². The van der Waals surface area contributed by atoms with Gasteiger partial charge in [0.25, 0.3) is 0 Å². The van der Waals surface area contributed by atoms with E-state index in [2.05, 4.69) is 16.3 Å². The van der Waals surface area contributed by atoms with Crippen molar-refractivity contribution in [3.8, 4) is 6.07 Å². The Morgan fingerprint density at radius 2 is 2.21 bits per heavy atom. The van der Waals surface area contributed by atoms with Crippen LogP contribution < -0.4 is 5.69 Å². The summed E-state index contributed by atoms with van der Waals surface area (Å²) in [5.74, 6) is 0.906. The van der Waals surface area contributed by atoms with E-state index in [0.29, 0.717) is 10.7 Å². The lowest BCUT2D eigenvalue weighted by molar-refractivity contribution is 0.766. The highest BCUT2D eigenvalue weighted by molar-refractivity contribution is 8.00. The van der Waals surface area contributed by atoms with Gasteiger partial charge >= 0.3 is 5.69 Å². The number of nitrogens with zero attached hydrogens (tertiary/aromatic N) is 3. The molecule has 0 fully saturated rings. The Hall–Kier alpha value is -1.65. The van der Waals surface area contributed by atoms with Gasteiger partial charge < -0.3 is 0 Å². The van der Waals surface area contributed by atoms with Crippen molar-refractivity contribution in [1.29, 1.82) is 5.26 Å². The largest absolute Gasteiger partial charge is 0.343 e. The lowest BCUT2D eigenvalue weighted by Crippen LogP contribution is -2.12. The van der Waals surface area contributed by atoms with E-state index in [-0.39, 0.29) is 5.69 Å². The second-order valence-corrected chi connectivity index (χ2v) is 5.96. The molecule has 1 aromatic carbocycles. The fourth-order valence-electron chi connectivity index (χ4n) is 1.50. The molecule has 0 atom stereocenters. The maximum atomic E-state index is 11.3. The standard InChI is InChI=1S/C12H12N4OS2/c1-3-18-9-5-4-6-10(8(9)7-13)19-12-15-14-11(17)16(12)2/h4-6H,3H2,1-2H3,(H,14,17). The van der Waals surface area contributed by atoms with Crippen LogP contribution in [0.3, 0.4) is 0 Å². The lowest BCUT2D eigenvalue weighted by atomic mass is 10.2. The molecule has 0 bridgehead atoms. The Balaban J connectivity index is 2.40. The van der Waals surface area contributed by atoms with Gasteiger partial charge in [0.2, 0.25) is 0 Å². The summed E-state index contributed by atoms with van der Waals surface area (Å²) < 4.78 is 1.42. The molecule has 0 amide bonds. The molecule has 5 nitrogen and oxygen atoms in total. The van der Waals surface area contributed by atoms with Gasteiger partial charge in [0.1, 0.15) is 6.07 Å². The molecule has 19 heavy (non-hydrogen) atoms. The van der Waals surface area contributed by atoms with Crippen molar-refractivity contribution in [1.82, 2.24) is 14.8 Å². The number of hydrogen-bond acceptors (Lipinski definition) is 5. The summed E-state index contributed by atoms with van der Waals surface area (Å²) >= 11 is 2.94. The maximum Gasteiger partial charge on any atom is 0.343 e. The molecule has 2 rings (SSSR count). The molecular formula is C12H12N4OS2. The Kier molecular flexibility index (Phi) is 4.35. The first-order valence-electron chi connectivity index (χ1n) is 5.62. The first kappa shape index (κ1) is 13.8. The number of nitriles is 1. The molecule has 0 spiro atoms. The van der Waals surface area contributed by atoms with Crippen LogP contribution in [0.15, 0.2) is 37.9 Å². The van der Waals surface area contributed by atoms with E-state index in [1.54, 1.807) is 18.8 Å². The molecule has 0 aliphatic rings. The number of aromatic nitrogens is 3. The van der Waals surface area contributed by atoms with E-state index in [1.807, 2.05) is 25.1 Å². The van der Waals surface area contributed by atoms with Crippen molar-refractivity contribution < 1.29 is 0 Å². The first-order valence-corrected chi connectivity index (χ1v) is 7.42. The predicted molar refractivity (Wildman–Crippen MR) is 75.5 cm³/mol. The predicted octanol–water partition coefficient (Wildman–Crippen LogP) is 2.24. The highest BCUT2D eigenvalue weighted by Crippen LogP contribution is 2.33. The molecule has 0 unspecified atom stereocenters. The van der Waals surface area contributed by atoms with E-state index in [4.69, 9.17) is 0 Å². The number of nitrogens with one attached hydrogen (secondary N) is 1. The number of aromatic amines is 1. The van der Waals surface area contributed by atoms with Gasteiger partial charge in [-0.25, -0.2) is 9.89 Å². The van der Waals surface area contributed by atoms with Gasteiger partial charge in [-0.15, -0.1) is 16.9 Å². The fraction of sp³-hybridized carbons (Fsp3) is 0.250. The molecule has 0 aliphatic heterocycles. The quantitative estimate of drug-likeness (QED) is 0.875. The zero-order chi connectivity index (χ0) is 13.8. The highest BCUT2D eigenvalue weighted by Gasteiger charge is 2.12. The van der Waals surface area contributed by atoms with Crippen molar-refractivity contribution >= 4 is 23.5 Å². The van der Waals surface area contributed by atoms with E-state index in [0.717, 1.165) is 15.5 Å². The average molecular weight is 292 g/mol. The molecule has 7 heteroatoms. The third kappa shape index (κ3) is 2.85. The lowest BCUT2D eigenvalue weighted by Gasteiger charge is -2.07. The van der Waals surface area contributed by atoms with Crippen molar-refractivity contribution in [3.63, 3.8) is 0 Å². The number of hydrogen-bond donors (Lipinski definition) is 1. The topological polar surface area (TPSA) is 74.5 Å². The van der Waals surface area contributed by atoms with Crippen molar-refractivity contribution in [2.45, 2.75) is 21.9 Å². The number of benzene rings is 1. The van der Waals surface area contributed by atoms with Crippen LogP contribution in [0.1, 0.15) is 12.5 Å². The third-order valence-electron chi connectivity index (χ3n) is 2.44. The molecule has 1 N–H and O–H groups in total. The third-order valence-corrected chi connectivity index (χ3v) is 4.49. The molecule has 1 heterocycles. The maximum absolute atomic E-state index is 11.3. The molecule has 0 radical (unpaired) electrons. The Morgan fingerprint density at radius 1 is 1.47 bits per heavy atom. The molecule has 0 saturated heterocycles. The minimum atomic E-state index is -0.264. The SMILES string of the molecule is CCSc1cccc(Sc2n[nH]c(=O)n2C)c1C#N. The van der Waals surface area contributed by atoms with Gasteiger partial charge in [-0.1, -0.05) is 13.0 Å². The van der Waals surface area contributed by atoms with Gasteiger partial charge in [-0.05, 0) is 29.6 Å². The zero-order valence-corrected chi connectivity index (χ0v) is 12.1. The Labute approximate surface area is 119 Å². The van der Waals surface area contributed by atoms with Crippen LogP contribution in [-0.4, -0.2) is 20.5 Å². The van der Waals surface area contributed by atoms with Gasteiger partial charge in [-0.2, -0.15) is 5.26 Å². The molecule has 98 valence electrons. The van der Waals surface area contributed by atoms with Crippen LogP contribution >= 0.6 is 23.5 Å². The fourth-order valence-corrected chi connectivity index (χ4v) is 3.27. The molecule has 2 aromatic rings. The van der Waals surface area contributed by atoms with Crippen molar-refractivity contribution in [3.05, 3.63) is 34.2 Å². The number of rotatable bonds is 4. The van der Waals surface area contributed by atoms with Crippen LogP contribution in [0.4, 0.5) is 0 Å². The summed E-state index contributed by atoms with van der Waals surface area (Å²) in [6.07, 6.45) is 0.